The lowest BCUT2D eigenvalue weighted by Gasteiger charge is -2.38. The van der Waals surface area contributed by atoms with E-state index in [1.165, 1.54) is 20.8 Å². The highest BCUT2D eigenvalue weighted by molar-refractivity contribution is 7.86. The Bertz CT molecular complexity index is 630. The quantitative estimate of drug-likeness (QED) is 0.216. The predicted octanol–water partition coefficient (Wildman–Crippen LogP) is 0.0442. The topological polar surface area (TPSA) is 156 Å². The van der Waals surface area contributed by atoms with Gasteiger partial charge in [0, 0.05) is 31.7 Å². The van der Waals surface area contributed by atoms with E-state index in [9.17, 15) is 33.0 Å². The molecule has 0 aromatic carbocycles. The summed E-state index contributed by atoms with van der Waals surface area (Å²) >= 11 is 0. The third kappa shape index (κ3) is 8.67. The van der Waals surface area contributed by atoms with Crippen molar-refractivity contribution in [3.8, 4) is 0 Å². The summed E-state index contributed by atoms with van der Waals surface area (Å²) in [4.78, 5) is 33.5. The summed E-state index contributed by atoms with van der Waals surface area (Å²) in [6.45, 7) is 4.80. The maximum absolute atomic E-state index is 11.9. The van der Waals surface area contributed by atoms with Crippen LogP contribution >= 0.6 is 0 Å². The molecule has 0 aromatic rings. The number of amides is 1. The van der Waals surface area contributed by atoms with Crippen LogP contribution in [-0.4, -0.2) is 67.6 Å². The molecule has 0 aromatic heterocycles. The van der Waals surface area contributed by atoms with E-state index in [0.717, 1.165) is 0 Å². The number of esters is 1. The van der Waals surface area contributed by atoms with Gasteiger partial charge < -0.3 is 20.3 Å². The number of nitrogens with one attached hydrogen (secondary N) is 1. The van der Waals surface area contributed by atoms with Gasteiger partial charge in [0.1, 0.15) is 0 Å². The van der Waals surface area contributed by atoms with Gasteiger partial charge in [0.25, 0.3) is 10.1 Å². The van der Waals surface area contributed by atoms with Gasteiger partial charge in [0.05, 0.1) is 19.0 Å². The van der Waals surface area contributed by atoms with Crippen molar-refractivity contribution < 1.29 is 41.9 Å². The summed E-state index contributed by atoms with van der Waals surface area (Å²) in [5.41, 5.74) is -3.87. The molecular weight excluding hydrogens is 382 g/mol. The molecule has 3 N–H and O–H groups in total. The largest absolute Gasteiger partial charge is 0.479 e. The van der Waals surface area contributed by atoms with Crippen molar-refractivity contribution in [2.24, 2.45) is 5.41 Å². The molecule has 0 aliphatic carbocycles. The number of carbonyl (C=O) groups excluding carboxylic acids is 2. The van der Waals surface area contributed by atoms with Crippen molar-refractivity contribution in [3.05, 3.63) is 0 Å². The summed E-state index contributed by atoms with van der Waals surface area (Å²) in [5.74, 6) is -2.78. The molecule has 1 atom stereocenters. The highest BCUT2D eigenvalue weighted by Gasteiger charge is 2.50. The van der Waals surface area contributed by atoms with Gasteiger partial charge in [-0.1, -0.05) is 20.8 Å². The van der Waals surface area contributed by atoms with Crippen LogP contribution in [0, 0.1) is 5.41 Å². The molecule has 0 saturated carbocycles. The van der Waals surface area contributed by atoms with Crippen LogP contribution in [-0.2, 0) is 33.4 Å². The summed E-state index contributed by atoms with van der Waals surface area (Å²) in [7, 11) is -3.98. The molecule has 27 heavy (non-hydrogen) atoms. The molecule has 0 radical (unpaired) electrons. The van der Waals surface area contributed by atoms with E-state index < -0.39 is 46.1 Å². The Kier molecular flexibility index (Phi) is 9.90. The summed E-state index contributed by atoms with van der Waals surface area (Å²) in [6.07, 6.45) is -0.194. The van der Waals surface area contributed by atoms with Crippen molar-refractivity contribution >= 4 is 28.0 Å². The number of ether oxygens (including phenoxy) is 1. The maximum Gasteiger partial charge on any atom is 0.336 e. The molecule has 0 fully saturated rings. The molecule has 0 aliphatic heterocycles. The molecule has 158 valence electrons. The second kappa shape index (κ2) is 10.6. The minimum atomic E-state index is -3.98. The van der Waals surface area contributed by atoms with E-state index in [0.29, 0.717) is 0 Å². The first-order valence-electron chi connectivity index (χ1n) is 8.50. The van der Waals surface area contributed by atoms with E-state index >= 15 is 0 Å². The monoisotopic (exact) mass is 411 g/mol. The number of rotatable bonds is 13. The fraction of sp³-hybridized carbons (Fsp3) is 0.812. The highest BCUT2D eigenvalue weighted by atomic mass is 32.2. The lowest BCUT2D eigenvalue weighted by atomic mass is 9.73. The number of aliphatic carboxylic acids is 1. The van der Waals surface area contributed by atoms with Gasteiger partial charge >= 0.3 is 11.9 Å². The number of hydrogen-bond donors (Lipinski definition) is 3. The van der Waals surface area contributed by atoms with Gasteiger partial charge in [0.15, 0.2) is 5.60 Å². The van der Waals surface area contributed by atoms with Crippen molar-refractivity contribution in [2.75, 3.05) is 25.5 Å². The molecule has 11 heteroatoms. The number of carboxylic acids is 1. The Morgan fingerprint density at radius 3 is 2.26 bits per heavy atom. The minimum absolute atomic E-state index is 0.106. The van der Waals surface area contributed by atoms with Crippen LogP contribution < -0.4 is 5.32 Å². The fourth-order valence-electron chi connectivity index (χ4n) is 2.08. The molecule has 0 bridgehead atoms. The molecular formula is C16H29NO9S. The summed E-state index contributed by atoms with van der Waals surface area (Å²) in [6, 6.07) is 0. The number of carbonyl (C=O) groups is 3. The van der Waals surface area contributed by atoms with Crippen molar-refractivity contribution in [1.29, 1.82) is 0 Å². The number of carboxylic acid groups (broad SMARTS) is 1. The Hall–Kier alpha value is -1.72. The maximum atomic E-state index is 11.9. The molecule has 10 nitrogen and oxygen atoms in total. The van der Waals surface area contributed by atoms with Gasteiger partial charge in [-0.3, -0.25) is 13.8 Å². The summed E-state index contributed by atoms with van der Waals surface area (Å²) in [5, 5.41) is 22.4. The van der Waals surface area contributed by atoms with Crippen molar-refractivity contribution in [1.82, 2.24) is 5.32 Å². The third-order valence-electron chi connectivity index (χ3n) is 4.03. The van der Waals surface area contributed by atoms with E-state index in [4.69, 9.17) is 8.92 Å². The standard InChI is InChI=1S/C16H29NO9S/c1-5-13(19)25-9-7-16(22,14(20)21)15(3,4)11-26-27(23,24)10-6-8-17-12(2)18/h22H,5-11H2,1-4H3,(H,17,18)(H,20,21)/t16-/m0/s1. The first kappa shape index (κ1) is 25.3. The first-order valence-corrected chi connectivity index (χ1v) is 10.1. The molecule has 0 unspecified atom stereocenters. The van der Waals surface area contributed by atoms with Crippen LogP contribution in [0.4, 0.5) is 0 Å². The van der Waals surface area contributed by atoms with Crippen LogP contribution in [0.25, 0.3) is 0 Å². The average Bonchev–Trinajstić information content (AvgIpc) is 2.56. The van der Waals surface area contributed by atoms with Gasteiger partial charge in [-0.25, -0.2) is 4.79 Å². The van der Waals surface area contributed by atoms with Crippen LogP contribution in [0.15, 0.2) is 0 Å². The van der Waals surface area contributed by atoms with Crippen LogP contribution in [0.5, 0.6) is 0 Å². The minimum Gasteiger partial charge on any atom is -0.479 e. The lowest BCUT2D eigenvalue weighted by Crippen LogP contribution is -2.54. The molecule has 0 spiro atoms. The Morgan fingerprint density at radius 2 is 1.78 bits per heavy atom. The Morgan fingerprint density at radius 1 is 1.19 bits per heavy atom. The zero-order valence-electron chi connectivity index (χ0n) is 16.1. The zero-order chi connectivity index (χ0) is 21.3. The normalized spacial score (nSPS) is 14.3. The SMILES string of the molecule is CCC(=O)OCC[C@](O)(C(=O)O)C(C)(C)COS(=O)(=O)CCCNC(C)=O. The fourth-order valence-corrected chi connectivity index (χ4v) is 3.17. The average molecular weight is 411 g/mol. The molecule has 0 rings (SSSR count). The van der Waals surface area contributed by atoms with E-state index in [-0.39, 0.29) is 37.7 Å². The summed E-state index contributed by atoms with van der Waals surface area (Å²) < 4.78 is 33.5. The van der Waals surface area contributed by atoms with Crippen molar-refractivity contribution in [2.45, 2.75) is 52.6 Å². The molecule has 0 saturated heterocycles. The Balaban J connectivity index is 4.87. The molecule has 0 aliphatic rings. The van der Waals surface area contributed by atoms with Crippen LogP contribution in [0.1, 0.15) is 47.0 Å². The number of aliphatic hydroxyl groups is 1. The molecule has 1 amide bonds. The lowest BCUT2D eigenvalue weighted by molar-refractivity contribution is -0.180. The van der Waals surface area contributed by atoms with Crippen LogP contribution in [0.2, 0.25) is 0 Å². The van der Waals surface area contributed by atoms with E-state index in [1.54, 1.807) is 6.92 Å². The van der Waals surface area contributed by atoms with Gasteiger partial charge in [-0.15, -0.1) is 0 Å². The van der Waals surface area contributed by atoms with E-state index in [1.807, 2.05) is 0 Å². The third-order valence-corrected chi connectivity index (χ3v) is 5.30. The van der Waals surface area contributed by atoms with Gasteiger partial charge in [0.2, 0.25) is 5.91 Å². The molecule has 0 heterocycles. The second-order valence-corrected chi connectivity index (χ2v) is 8.49. The second-order valence-electron chi connectivity index (χ2n) is 6.73. The smallest absolute Gasteiger partial charge is 0.336 e. The predicted molar refractivity (Wildman–Crippen MR) is 95.3 cm³/mol. The zero-order valence-corrected chi connectivity index (χ0v) is 16.9. The first-order chi connectivity index (χ1) is 12.3. The van der Waals surface area contributed by atoms with Gasteiger partial charge in [-0.2, -0.15) is 8.42 Å². The van der Waals surface area contributed by atoms with Crippen LogP contribution in [0.3, 0.4) is 0 Å². The van der Waals surface area contributed by atoms with Gasteiger partial charge in [-0.05, 0) is 6.42 Å². The van der Waals surface area contributed by atoms with Crippen molar-refractivity contribution in [3.63, 3.8) is 0 Å². The number of hydrogen-bond acceptors (Lipinski definition) is 8. The highest BCUT2D eigenvalue weighted by Crippen LogP contribution is 2.35. The van der Waals surface area contributed by atoms with E-state index in [2.05, 4.69) is 5.32 Å². The Labute approximate surface area is 159 Å².